The zero-order chi connectivity index (χ0) is 14.2. The normalized spacial score (nSPS) is 22.1. The molecule has 1 aromatic rings. The highest BCUT2D eigenvalue weighted by molar-refractivity contribution is 9.10. The van der Waals surface area contributed by atoms with Crippen LogP contribution in [0.5, 0.6) is 5.75 Å². The third-order valence-corrected chi connectivity index (χ3v) is 5.94. The molecule has 1 aromatic carbocycles. The van der Waals surface area contributed by atoms with E-state index in [1.807, 2.05) is 0 Å². The molecule has 0 saturated heterocycles. The molecular weight excluding hydrogens is 314 g/mol. The molecule has 3 rings (SSSR count). The van der Waals surface area contributed by atoms with E-state index >= 15 is 0 Å². The number of hydrogen-bond acceptors (Lipinski definition) is 2. The van der Waals surface area contributed by atoms with Crippen molar-refractivity contribution in [2.45, 2.75) is 69.7 Å². The van der Waals surface area contributed by atoms with Gasteiger partial charge in [0.2, 0.25) is 0 Å². The number of aryl methyl sites for hydroxylation is 1. The number of phenols is 1. The Hall–Kier alpha value is -0.540. The number of rotatable bonds is 1. The zero-order valence-electron chi connectivity index (χ0n) is 12.1. The minimum Gasteiger partial charge on any atom is -0.506 e. The van der Waals surface area contributed by atoms with Gasteiger partial charge >= 0.3 is 0 Å². The molecule has 2 aliphatic carbocycles. The lowest BCUT2D eigenvalue weighted by Gasteiger charge is -2.35. The van der Waals surface area contributed by atoms with Crippen molar-refractivity contribution in [1.29, 1.82) is 0 Å². The largest absolute Gasteiger partial charge is 0.506 e. The predicted molar refractivity (Wildman–Crippen MR) is 86.0 cm³/mol. The molecule has 0 unspecified atom stereocenters. The van der Waals surface area contributed by atoms with Crippen LogP contribution in [0, 0.1) is 0 Å². The molecule has 2 aliphatic rings. The van der Waals surface area contributed by atoms with Crippen molar-refractivity contribution < 1.29 is 5.11 Å². The second kappa shape index (κ2) is 5.69. The fourth-order valence-corrected chi connectivity index (χ4v) is 4.52. The summed E-state index contributed by atoms with van der Waals surface area (Å²) in [5.41, 5.74) is 10.00. The number of hydrogen-bond donors (Lipinski definition) is 2. The van der Waals surface area contributed by atoms with Crippen LogP contribution in [0.2, 0.25) is 0 Å². The van der Waals surface area contributed by atoms with Gasteiger partial charge in [-0.25, -0.2) is 0 Å². The summed E-state index contributed by atoms with van der Waals surface area (Å²) in [6.45, 7) is 0. The summed E-state index contributed by atoms with van der Waals surface area (Å²) in [5.74, 6) is 0.398. The van der Waals surface area contributed by atoms with Crippen molar-refractivity contribution in [2.24, 2.45) is 5.73 Å². The predicted octanol–water partition coefficient (Wildman–Crippen LogP) is 4.54. The molecule has 110 valence electrons. The van der Waals surface area contributed by atoms with E-state index in [2.05, 4.69) is 22.0 Å². The highest BCUT2D eigenvalue weighted by atomic mass is 79.9. The molecule has 2 nitrogen and oxygen atoms in total. The summed E-state index contributed by atoms with van der Waals surface area (Å²) in [6.07, 6.45) is 11.5. The number of halogens is 1. The summed E-state index contributed by atoms with van der Waals surface area (Å²) >= 11 is 3.64. The quantitative estimate of drug-likeness (QED) is 0.739. The first-order chi connectivity index (χ1) is 9.62. The molecule has 0 heterocycles. The minimum atomic E-state index is -0.327. The van der Waals surface area contributed by atoms with Crippen molar-refractivity contribution in [3.8, 4) is 5.75 Å². The summed E-state index contributed by atoms with van der Waals surface area (Å²) in [6, 6.07) is 2.21. The second-order valence-corrected chi connectivity index (χ2v) is 7.29. The first-order valence-corrected chi connectivity index (χ1v) is 8.74. The van der Waals surface area contributed by atoms with Gasteiger partial charge < -0.3 is 10.8 Å². The van der Waals surface area contributed by atoms with Crippen LogP contribution in [0.3, 0.4) is 0 Å². The average Bonchev–Trinajstić information content (AvgIpc) is 2.69. The fourth-order valence-electron chi connectivity index (χ4n) is 3.85. The Morgan fingerprint density at radius 3 is 2.40 bits per heavy atom. The maximum Gasteiger partial charge on any atom is 0.135 e. The molecule has 0 amide bonds. The highest BCUT2D eigenvalue weighted by Crippen LogP contribution is 2.45. The van der Waals surface area contributed by atoms with Gasteiger partial charge in [-0.05, 0) is 71.6 Å². The molecule has 0 atom stereocenters. The van der Waals surface area contributed by atoms with Crippen molar-refractivity contribution in [3.05, 3.63) is 27.2 Å². The Bertz CT molecular complexity index is 506. The van der Waals surface area contributed by atoms with Crippen LogP contribution in [0.4, 0.5) is 0 Å². The Labute approximate surface area is 129 Å². The van der Waals surface area contributed by atoms with Gasteiger partial charge in [0, 0.05) is 11.1 Å². The minimum absolute atomic E-state index is 0.327. The Morgan fingerprint density at radius 2 is 1.65 bits per heavy atom. The molecule has 1 fully saturated rings. The second-order valence-electron chi connectivity index (χ2n) is 6.50. The summed E-state index contributed by atoms with van der Waals surface area (Å²) in [5, 5.41) is 10.6. The lowest BCUT2D eigenvalue weighted by atomic mass is 9.76. The molecule has 0 bridgehead atoms. The van der Waals surface area contributed by atoms with Gasteiger partial charge in [0.25, 0.3) is 0 Å². The van der Waals surface area contributed by atoms with E-state index < -0.39 is 0 Å². The topological polar surface area (TPSA) is 46.2 Å². The van der Waals surface area contributed by atoms with Crippen LogP contribution in [0.15, 0.2) is 10.5 Å². The van der Waals surface area contributed by atoms with Gasteiger partial charge in [0.05, 0.1) is 4.47 Å². The Balaban J connectivity index is 2.07. The molecule has 3 heteroatoms. The van der Waals surface area contributed by atoms with Crippen LogP contribution in [0.1, 0.15) is 68.1 Å². The SMILES string of the molecule is NC1(c2cc3c(c(Br)c2O)CCCCC3)CCCCC1. The summed E-state index contributed by atoms with van der Waals surface area (Å²) in [7, 11) is 0. The Kier molecular flexibility index (Phi) is 4.09. The molecule has 0 aliphatic heterocycles. The van der Waals surface area contributed by atoms with Crippen molar-refractivity contribution >= 4 is 15.9 Å². The first kappa shape index (κ1) is 14.4. The van der Waals surface area contributed by atoms with Gasteiger partial charge in [-0.15, -0.1) is 0 Å². The monoisotopic (exact) mass is 337 g/mol. The average molecular weight is 338 g/mol. The van der Waals surface area contributed by atoms with E-state index in [1.54, 1.807) is 0 Å². The van der Waals surface area contributed by atoms with E-state index in [4.69, 9.17) is 5.73 Å². The van der Waals surface area contributed by atoms with E-state index in [9.17, 15) is 5.11 Å². The molecule has 20 heavy (non-hydrogen) atoms. The van der Waals surface area contributed by atoms with Crippen molar-refractivity contribution in [2.75, 3.05) is 0 Å². The van der Waals surface area contributed by atoms with Crippen molar-refractivity contribution in [1.82, 2.24) is 0 Å². The molecule has 0 radical (unpaired) electrons. The highest BCUT2D eigenvalue weighted by Gasteiger charge is 2.33. The van der Waals surface area contributed by atoms with Crippen LogP contribution >= 0.6 is 15.9 Å². The number of phenolic OH excluding ortho intramolecular Hbond substituents is 1. The van der Waals surface area contributed by atoms with Crippen molar-refractivity contribution in [3.63, 3.8) is 0 Å². The van der Waals surface area contributed by atoms with E-state index in [0.29, 0.717) is 5.75 Å². The summed E-state index contributed by atoms with van der Waals surface area (Å²) in [4.78, 5) is 0. The van der Waals surface area contributed by atoms with Crippen LogP contribution in [-0.4, -0.2) is 5.11 Å². The van der Waals surface area contributed by atoms with Gasteiger partial charge in [-0.1, -0.05) is 25.7 Å². The van der Waals surface area contributed by atoms with E-state index in [0.717, 1.165) is 35.7 Å². The van der Waals surface area contributed by atoms with Crippen LogP contribution in [0.25, 0.3) is 0 Å². The van der Waals surface area contributed by atoms with E-state index in [1.165, 1.54) is 49.7 Å². The third kappa shape index (κ3) is 2.50. The smallest absolute Gasteiger partial charge is 0.135 e. The number of fused-ring (bicyclic) bond motifs is 1. The summed E-state index contributed by atoms with van der Waals surface area (Å²) < 4.78 is 0.905. The number of aromatic hydroxyl groups is 1. The molecular formula is C17H24BrNO. The van der Waals surface area contributed by atoms with E-state index in [-0.39, 0.29) is 5.54 Å². The maximum absolute atomic E-state index is 10.6. The van der Waals surface area contributed by atoms with Gasteiger partial charge in [0.1, 0.15) is 5.75 Å². The lowest BCUT2D eigenvalue weighted by molar-refractivity contribution is 0.291. The van der Waals surface area contributed by atoms with Gasteiger partial charge in [-0.3, -0.25) is 0 Å². The standard InChI is InChI=1S/C17H24BrNO/c18-15-13-8-4-1-3-7-12(13)11-14(16(15)20)17(19)9-5-2-6-10-17/h11,20H,1-10,19H2. The van der Waals surface area contributed by atoms with Crippen LogP contribution < -0.4 is 5.73 Å². The fraction of sp³-hybridized carbons (Fsp3) is 0.647. The van der Waals surface area contributed by atoms with Crippen LogP contribution in [-0.2, 0) is 18.4 Å². The third-order valence-electron chi connectivity index (χ3n) is 5.09. The number of nitrogens with two attached hydrogens (primary N) is 1. The number of benzene rings is 1. The molecule has 0 spiro atoms. The Morgan fingerprint density at radius 1 is 1.00 bits per heavy atom. The molecule has 3 N–H and O–H groups in total. The first-order valence-electron chi connectivity index (χ1n) is 7.94. The van der Waals surface area contributed by atoms with Gasteiger partial charge in [0.15, 0.2) is 0 Å². The van der Waals surface area contributed by atoms with Gasteiger partial charge in [-0.2, -0.15) is 0 Å². The maximum atomic E-state index is 10.6. The lowest BCUT2D eigenvalue weighted by Crippen LogP contribution is -2.38. The zero-order valence-corrected chi connectivity index (χ0v) is 13.6. The molecule has 1 saturated carbocycles. The molecule has 0 aromatic heterocycles.